The molecule has 0 saturated carbocycles. The summed E-state index contributed by atoms with van der Waals surface area (Å²) >= 11 is 0. The topological polar surface area (TPSA) is 72.7 Å². The Hall–Kier alpha value is -2.24. The quantitative estimate of drug-likeness (QED) is 0.880. The largest absolute Gasteiger partial charge is 0.349 e. The molecule has 0 aliphatic rings. The first kappa shape index (κ1) is 15.2. The fraction of sp³-hybridized carbons (Fsp3) is 0.467. The van der Waals surface area contributed by atoms with Gasteiger partial charge in [-0.05, 0) is 18.1 Å². The molecule has 0 bridgehead atoms. The van der Waals surface area contributed by atoms with E-state index < -0.39 is 0 Å². The first-order valence-corrected chi connectivity index (χ1v) is 7.19. The third-order valence-corrected chi connectivity index (χ3v) is 3.33. The maximum absolute atomic E-state index is 11.1. The number of hydrogen-bond acceptors (Lipinski definition) is 4. The van der Waals surface area contributed by atoms with Crippen LogP contribution in [-0.2, 0) is 17.8 Å². The van der Waals surface area contributed by atoms with Gasteiger partial charge < -0.3 is 5.32 Å². The Balaban J connectivity index is 2.29. The van der Waals surface area contributed by atoms with Crippen molar-refractivity contribution in [3.8, 4) is 5.69 Å². The second kappa shape index (κ2) is 6.97. The van der Waals surface area contributed by atoms with Crippen molar-refractivity contribution in [2.24, 2.45) is 5.92 Å². The lowest BCUT2D eigenvalue weighted by Gasteiger charge is -2.05. The molecule has 1 atom stereocenters. The number of rotatable bonds is 6. The molecule has 0 aliphatic carbocycles. The van der Waals surface area contributed by atoms with Crippen LogP contribution in [0.2, 0.25) is 0 Å². The number of pyridine rings is 1. The number of aromatic nitrogens is 4. The smallest absolute Gasteiger partial charge is 0.217 e. The summed E-state index contributed by atoms with van der Waals surface area (Å²) in [7, 11) is 0. The van der Waals surface area contributed by atoms with Crippen molar-refractivity contribution in [2.45, 2.75) is 40.2 Å². The van der Waals surface area contributed by atoms with Crippen molar-refractivity contribution >= 4 is 5.91 Å². The maximum atomic E-state index is 11.1. The summed E-state index contributed by atoms with van der Waals surface area (Å²) < 4.78 is 1.75. The van der Waals surface area contributed by atoms with Crippen molar-refractivity contribution in [1.29, 1.82) is 0 Å². The zero-order valence-corrected chi connectivity index (χ0v) is 12.7. The van der Waals surface area contributed by atoms with Crippen LogP contribution >= 0.6 is 0 Å². The van der Waals surface area contributed by atoms with E-state index in [2.05, 4.69) is 34.2 Å². The second-order valence-electron chi connectivity index (χ2n) is 5.19. The van der Waals surface area contributed by atoms with Crippen LogP contribution < -0.4 is 5.32 Å². The van der Waals surface area contributed by atoms with Gasteiger partial charge in [0.2, 0.25) is 5.91 Å². The van der Waals surface area contributed by atoms with Crippen LogP contribution in [-0.4, -0.2) is 25.7 Å². The highest BCUT2D eigenvalue weighted by molar-refractivity contribution is 5.72. The molecule has 0 radical (unpaired) electrons. The summed E-state index contributed by atoms with van der Waals surface area (Å²) in [4.78, 5) is 19.8. The fourth-order valence-electron chi connectivity index (χ4n) is 1.94. The van der Waals surface area contributed by atoms with Crippen LogP contribution in [0.3, 0.4) is 0 Å². The van der Waals surface area contributed by atoms with Crippen LogP contribution in [0.25, 0.3) is 5.69 Å². The third-order valence-electron chi connectivity index (χ3n) is 3.33. The van der Waals surface area contributed by atoms with Crippen molar-refractivity contribution in [1.82, 2.24) is 25.1 Å². The monoisotopic (exact) mass is 287 g/mol. The Morgan fingerprint density at radius 2 is 2.29 bits per heavy atom. The van der Waals surface area contributed by atoms with E-state index in [1.54, 1.807) is 17.1 Å². The molecule has 0 aromatic carbocycles. The number of hydrogen-bond donors (Lipinski definition) is 1. The van der Waals surface area contributed by atoms with E-state index in [0.717, 1.165) is 30.2 Å². The van der Waals surface area contributed by atoms with Gasteiger partial charge in [-0.15, -0.1) is 0 Å². The van der Waals surface area contributed by atoms with E-state index in [1.807, 2.05) is 12.1 Å². The van der Waals surface area contributed by atoms with E-state index in [-0.39, 0.29) is 5.91 Å². The van der Waals surface area contributed by atoms with Crippen molar-refractivity contribution < 1.29 is 4.79 Å². The van der Waals surface area contributed by atoms with Crippen LogP contribution in [0, 0.1) is 5.92 Å². The molecule has 0 spiro atoms. The molecular weight excluding hydrogens is 266 g/mol. The van der Waals surface area contributed by atoms with E-state index in [9.17, 15) is 4.79 Å². The summed E-state index contributed by atoms with van der Waals surface area (Å²) in [6, 6.07) is 3.78. The number of nitrogens with zero attached hydrogens (tertiary/aromatic N) is 4. The molecule has 0 fully saturated rings. The van der Waals surface area contributed by atoms with E-state index >= 15 is 0 Å². The van der Waals surface area contributed by atoms with E-state index in [4.69, 9.17) is 0 Å². The zero-order chi connectivity index (χ0) is 15.2. The molecule has 0 saturated heterocycles. The van der Waals surface area contributed by atoms with E-state index in [1.165, 1.54) is 6.92 Å². The van der Waals surface area contributed by atoms with E-state index in [0.29, 0.717) is 12.5 Å². The third kappa shape index (κ3) is 4.11. The predicted molar refractivity (Wildman–Crippen MR) is 79.8 cm³/mol. The van der Waals surface area contributed by atoms with Gasteiger partial charge in [-0.25, -0.2) is 9.67 Å². The lowest BCUT2D eigenvalue weighted by molar-refractivity contribution is -0.119. The highest BCUT2D eigenvalue weighted by Gasteiger charge is 2.13. The Kier molecular flexibility index (Phi) is 5.03. The summed E-state index contributed by atoms with van der Waals surface area (Å²) in [5, 5.41) is 7.33. The normalized spacial score (nSPS) is 12.1. The Labute approximate surface area is 124 Å². The number of amides is 1. The number of carbonyl (C=O) groups excluding carboxylic acids is 1. The molecule has 2 heterocycles. The minimum atomic E-state index is -0.0841. The number of carbonyl (C=O) groups is 1. The Morgan fingerprint density at radius 1 is 1.48 bits per heavy atom. The molecule has 112 valence electrons. The lowest BCUT2D eigenvalue weighted by atomic mass is 10.1. The Bertz CT molecular complexity index is 593. The van der Waals surface area contributed by atoms with Crippen LogP contribution in [0.1, 0.15) is 38.8 Å². The number of nitrogens with one attached hydrogen (secondary N) is 1. The van der Waals surface area contributed by atoms with Gasteiger partial charge in [0.05, 0.1) is 18.4 Å². The molecule has 0 unspecified atom stereocenters. The van der Waals surface area contributed by atoms with Gasteiger partial charge in [0.15, 0.2) is 11.6 Å². The molecule has 6 nitrogen and oxygen atoms in total. The van der Waals surface area contributed by atoms with Crippen LogP contribution in [0.15, 0.2) is 24.5 Å². The summed E-state index contributed by atoms with van der Waals surface area (Å²) in [6.07, 6.45) is 5.37. The SMILES string of the molecule is CC[C@@H](C)Cc1nc(CNC(C)=O)n(-c2cccnc2)n1. The molecule has 21 heavy (non-hydrogen) atoms. The molecule has 1 N–H and O–H groups in total. The molecule has 2 aromatic rings. The van der Waals surface area contributed by atoms with Gasteiger partial charge in [0.1, 0.15) is 0 Å². The summed E-state index contributed by atoms with van der Waals surface area (Å²) in [6.45, 7) is 6.18. The van der Waals surface area contributed by atoms with Crippen molar-refractivity contribution in [3.63, 3.8) is 0 Å². The van der Waals surface area contributed by atoms with Gasteiger partial charge in [-0.2, -0.15) is 5.10 Å². The zero-order valence-electron chi connectivity index (χ0n) is 12.7. The molecule has 0 aliphatic heterocycles. The van der Waals surface area contributed by atoms with Crippen LogP contribution in [0.5, 0.6) is 0 Å². The molecular formula is C15H21N5O. The Morgan fingerprint density at radius 3 is 2.90 bits per heavy atom. The first-order chi connectivity index (χ1) is 10.1. The van der Waals surface area contributed by atoms with Crippen molar-refractivity contribution in [2.75, 3.05) is 0 Å². The molecule has 2 aromatic heterocycles. The van der Waals surface area contributed by atoms with Gasteiger partial charge in [-0.1, -0.05) is 20.3 Å². The van der Waals surface area contributed by atoms with Crippen LogP contribution in [0.4, 0.5) is 0 Å². The highest BCUT2D eigenvalue weighted by atomic mass is 16.1. The van der Waals surface area contributed by atoms with Gasteiger partial charge >= 0.3 is 0 Å². The average Bonchev–Trinajstić information content (AvgIpc) is 2.88. The summed E-state index contributed by atoms with van der Waals surface area (Å²) in [5.74, 6) is 1.97. The second-order valence-corrected chi connectivity index (χ2v) is 5.19. The molecule has 1 amide bonds. The molecule has 6 heteroatoms. The molecule has 2 rings (SSSR count). The fourth-order valence-corrected chi connectivity index (χ4v) is 1.94. The minimum Gasteiger partial charge on any atom is -0.349 e. The minimum absolute atomic E-state index is 0.0841. The first-order valence-electron chi connectivity index (χ1n) is 7.19. The van der Waals surface area contributed by atoms with Gasteiger partial charge in [-0.3, -0.25) is 9.78 Å². The lowest BCUT2D eigenvalue weighted by Crippen LogP contribution is -2.21. The van der Waals surface area contributed by atoms with Gasteiger partial charge in [0.25, 0.3) is 0 Å². The van der Waals surface area contributed by atoms with Gasteiger partial charge in [0, 0.05) is 19.5 Å². The predicted octanol–water partition coefficient (Wildman–Crippen LogP) is 1.89. The highest BCUT2D eigenvalue weighted by Crippen LogP contribution is 2.12. The summed E-state index contributed by atoms with van der Waals surface area (Å²) in [5.41, 5.74) is 0.848. The average molecular weight is 287 g/mol. The maximum Gasteiger partial charge on any atom is 0.217 e. The van der Waals surface area contributed by atoms with Crippen molar-refractivity contribution in [3.05, 3.63) is 36.2 Å². The standard InChI is InChI=1S/C15H21N5O/c1-4-11(2)8-14-18-15(10-17-12(3)21)20(19-14)13-6-5-7-16-9-13/h5-7,9,11H,4,8,10H2,1-3H3,(H,17,21)/t11-/m1/s1.